The molecule has 5 nitrogen and oxygen atoms in total. The van der Waals surface area contributed by atoms with Crippen LogP contribution in [-0.2, 0) is 24.2 Å². The fraction of sp³-hybridized carbons (Fsp3) is 0.455. The van der Waals surface area contributed by atoms with E-state index in [9.17, 15) is 9.59 Å². The molecule has 0 radical (unpaired) electrons. The van der Waals surface area contributed by atoms with E-state index < -0.39 is 11.9 Å². The number of amides is 1. The van der Waals surface area contributed by atoms with Gasteiger partial charge in [0, 0.05) is 11.8 Å². The number of rotatable bonds is 3. The predicted molar refractivity (Wildman–Crippen MR) is 59.9 cm³/mol. The third kappa shape index (κ3) is 1.86. The minimum atomic E-state index is -0.801. The Kier molecular flexibility index (Phi) is 2.78. The van der Waals surface area contributed by atoms with Crippen LogP contribution in [-0.4, -0.2) is 16.5 Å². The maximum absolute atomic E-state index is 11.7. The molecule has 0 spiro atoms. The Bertz CT molecular complexity index is 479. The van der Waals surface area contributed by atoms with Crippen LogP contribution in [0.4, 0.5) is 0 Å². The van der Waals surface area contributed by atoms with Crippen molar-refractivity contribution in [2.45, 2.75) is 31.8 Å². The second-order valence-corrected chi connectivity index (χ2v) is 4.12. The minimum absolute atomic E-state index is 0.114. The van der Waals surface area contributed by atoms with Gasteiger partial charge in [0.25, 0.3) is 5.56 Å². The van der Waals surface area contributed by atoms with Crippen LogP contribution in [0.5, 0.6) is 0 Å². The minimum Gasteiger partial charge on any atom is -0.368 e. The molecule has 4 N–H and O–H groups in total. The Labute approximate surface area is 93.0 Å². The molecule has 0 aromatic carbocycles. The van der Waals surface area contributed by atoms with E-state index in [4.69, 9.17) is 11.5 Å². The van der Waals surface area contributed by atoms with Crippen molar-refractivity contribution in [3.8, 4) is 0 Å². The lowest BCUT2D eigenvalue weighted by Crippen LogP contribution is -2.42. The van der Waals surface area contributed by atoms with Crippen molar-refractivity contribution in [2.75, 3.05) is 0 Å². The van der Waals surface area contributed by atoms with E-state index in [0.29, 0.717) is 0 Å². The Morgan fingerprint density at radius 1 is 1.44 bits per heavy atom. The van der Waals surface area contributed by atoms with Gasteiger partial charge in [0.1, 0.15) is 6.04 Å². The summed E-state index contributed by atoms with van der Waals surface area (Å²) >= 11 is 0. The maximum Gasteiger partial charge on any atom is 0.250 e. The topological polar surface area (TPSA) is 91.1 Å². The largest absolute Gasteiger partial charge is 0.368 e. The molecule has 5 heteroatoms. The van der Waals surface area contributed by atoms with Crippen molar-refractivity contribution in [1.29, 1.82) is 0 Å². The molecule has 0 aliphatic heterocycles. The summed E-state index contributed by atoms with van der Waals surface area (Å²) in [7, 11) is 0. The maximum atomic E-state index is 11.7. The summed E-state index contributed by atoms with van der Waals surface area (Å²) in [6.07, 6.45) is 2.91. The van der Waals surface area contributed by atoms with Gasteiger partial charge in [-0.1, -0.05) is 6.07 Å². The smallest absolute Gasteiger partial charge is 0.250 e. The van der Waals surface area contributed by atoms with E-state index in [2.05, 4.69) is 0 Å². The fourth-order valence-electron chi connectivity index (χ4n) is 2.12. The Morgan fingerprint density at radius 3 is 2.88 bits per heavy atom. The van der Waals surface area contributed by atoms with Crippen LogP contribution >= 0.6 is 0 Å². The van der Waals surface area contributed by atoms with Crippen LogP contribution in [0.3, 0.4) is 0 Å². The van der Waals surface area contributed by atoms with Crippen molar-refractivity contribution >= 4 is 5.91 Å². The van der Waals surface area contributed by atoms with E-state index in [1.807, 2.05) is 6.07 Å². The summed E-state index contributed by atoms with van der Waals surface area (Å²) in [4.78, 5) is 22.6. The van der Waals surface area contributed by atoms with Gasteiger partial charge in [0.15, 0.2) is 0 Å². The van der Waals surface area contributed by atoms with Crippen molar-refractivity contribution in [2.24, 2.45) is 11.5 Å². The molecule has 1 aromatic heterocycles. The summed E-state index contributed by atoms with van der Waals surface area (Å²) in [5, 5.41) is 0. The van der Waals surface area contributed by atoms with Gasteiger partial charge in [0.05, 0.1) is 6.54 Å². The van der Waals surface area contributed by atoms with Gasteiger partial charge in [-0.25, -0.2) is 0 Å². The highest BCUT2D eigenvalue weighted by Crippen LogP contribution is 2.19. The normalized spacial score (nSPS) is 15.8. The first-order chi connectivity index (χ1) is 7.59. The summed E-state index contributed by atoms with van der Waals surface area (Å²) in [6, 6.07) is 2.58. The number of aromatic nitrogens is 1. The highest BCUT2D eigenvalue weighted by Gasteiger charge is 2.18. The Hall–Kier alpha value is -1.62. The molecule has 0 bridgehead atoms. The van der Waals surface area contributed by atoms with Crippen LogP contribution in [0.15, 0.2) is 16.9 Å². The summed E-state index contributed by atoms with van der Waals surface area (Å²) < 4.78 is 1.58. The van der Waals surface area contributed by atoms with E-state index in [1.165, 1.54) is 11.6 Å². The summed E-state index contributed by atoms with van der Waals surface area (Å²) in [6.45, 7) is 0.178. The molecule has 0 saturated heterocycles. The van der Waals surface area contributed by atoms with E-state index in [-0.39, 0.29) is 12.1 Å². The molecule has 86 valence electrons. The summed E-state index contributed by atoms with van der Waals surface area (Å²) in [5.41, 5.74) is 12.7. The first kappa shape index (κ1) is 10.9. The molecule has 1 aliphatic carbocycles. The van der Waals surface area contributed by atoms with Crippen molar-refractivity contribution in [3.05, 3.63) is 33.7 Å². The highest BCUT2D eigenvalue weighted by molar-refractivity contribution is 5.79. The molecular formula is C11H15N3O2. The number of carbonyl (C=O) groups is 1. The number of carbonyl (C=O) groups excluding carboxylic acids is 1. The van der Waals surface area contributed by atoms with Crippen molar-refractivity contribution in [3.63, 3.8) is 0 Å². The first-order valence-corrected chi connectivity index (χ1v) is 5.36. The molecular weight excluding hydrogens is 206 g/mol. The monoisotopic (exact) mass is 221 g/mol. The number of pyridine rings is 1. The molecule has 1 heterocycles. The van der Waals surface area contributed by atoms with Crippen LogP contribution in [0.1, 0.15) is 17.7 Å². The third-order valence-corrected chi connectivity index (χ3v) is 2.99. The third-order valence-electron chi connectivity index (χ3n) is 2.99. The van der Waals surface area contributed by atoms with Crippen LogP contribution in [0.2, 0.25) is 0 Å². The van der Waals surface area contributed by atoms with E-state index in [1.54, 1.807) is 4.57 Å². The van der Waals surface area contributed by atoms with Gasteiger partial charge < -0.3 is 16.0 Å². The van der Waals surface area contributed by atoms with Gasteiger partial charge in [-0.3, -0.25) is 9.59 Å². The Morgan fingerprint density at radius 2 is 2.19 bits per heavy atom. The zero-order chi connectivity index (χ0) is 11.7. The molecule has 2 rings (SSSR count). The van der Waals surface area contributed by atoms with Gasteiger partial charge in [-0.05, 0) is 24.8 Å². The molecule has 16 heavy (non-hydrogen) atoms. The predicted octanol–water partition coefficient (Wildman–Crippen LogP) is -0.850. The van der Waals surface area contributed by atoms with Crippen LogP contribution in [0, 0.1) is 0 Å². The molecule has 1 unspecified atom stereocenters. The van der Waals surface area contributed by atoms with E-state index >= 15 is 0 Å². The average molecular weight is 221 g/mol. The first-order valence-electron chi connectivity index (χ1n) is 5.36. The van der Waals surface area contributed by atoms with Gasteiger partial charge >= 0.3 is 0 Å². The van der Waals surface area contributed by atoms with Crippen molar-refractivity contribution in [1.82, 2.24) is 4.57 Å². The lowest BCUT2D eigenvalue weighted by molar-refractivity contribution is -0.119. The summed E-state index contributed by atoms with van der Waals surface area (Å²) in [5.74, 6) is -0.581. The molecule has 1 aliphatic rings. The van der Waals surface area contributed by atoms with Crippen LogP contribution < -0.4 is 17.0 Å². The second-order valence-electron chi connectivity index (χ2n) is 4.12. The highest BCUT2D eigenvalue weighted by atomic mass is 16.1. The standard InChI is InChI=1S/C11H15N3O2/c12-8(11(13)16)6-14-9-3-1-2-7(9)4-5-10(14)15/h4-5,8H,1-3,6,12H2,(H2,13,16). The molecule has 1 atom stereocenters. The molecule has 1 aromatic rings. The fourth-order valence-corrected chi connectivity index (χ4v) is 2.12. The number of hydrogen-bond acceptors (Lipinski definition) is 3. The SMILES string of the molecule is NC(=O)C(N)Cn1c2c(ccc1=O)CCC2. The number of nitrogens with zero attached hydrogens (tertiary/aromatic N) is 1. The quantitative estimate of drug-likeness (QED) is 0.696. The van der Waals surface area contributed by atoms with Crippen LogP contribution in [0.25, 0.3) is 0 Å². The lowest BCUT2D eigenvalue weighted by atomic mass is 10.2. The number of nitrogens with two attached hydrogens (primary N) is 2. The number of hydrogen-bond donors (Lipinski definition) is 2. The number of aryl methyl sites for hydroxylation is 1. The lowest BCUT2D eigenvalue weighted by Gasteiger charge is -2.14. The second kappa shape index (κ2) is 4.09. The molecule has 1 amide bonds. The number of primary amides is 1. The van der Waals surface area contributed by atoms with Gasteiger partial charge in [-0.2, -0.15) is 0 Å². The van der Waals surface area contributed by atoms with E-state index in [0.717, 1.165) is 25.0 Å². The number of fused-ring (bicyclic) bond motifs is 1. The molecule has 0 fully saturated rings. The average Bonchev–Trinajstić information content (AvgIpc) is 2.70. The zero-order valence-electron chi connectivity index (χ0n) is 8.98. The van der Waals surface area contributed by atoms with Gasteiger partial charge in [-0.15, -0.1) is 0 Å². The van der Waals surface area contributed by atoms with Gasteiger partial charge in [0.2, 0.25) is 5.91 Å². The zero-order valence-corrected chi connectivity index (χ0v) is 8.98. The Balaban J connectivity index is 2.37. The van der Waals surface area contributed by atoms with Crippen molar-refractivity contribution < 1.29 is 4.79 Å². The molecule has 0 saturated carbocycles.